The van der Waals surface area contributed by atoms with Crippen LogP contribution in [0.5, 0.6) is 5.75 Å². The van der Waals surface area contributed by atoms with Crippen molar-refractivity contribution in [3.63, 3.8) is 0 Å². The summed E-state index contributed by atoms with van der Waals surface area (Å²) in [7, 11) is -0.921. The van der Waals surface area contributed by atoms with E-state index in [-0.39, 0.29) is 6.61 Å². The number of hydrogen-bond donors (Lipinski definition) is 1. The molecular weight excluding hydrogens is 279 g/mol. The lowest BCUT2D eigenvalue weighted by atomic mass is 10.1. The third-order valence-electron chi connectivity index (χ3n) is 2.65. The van der Waals surface area contributed by atoms with Gasteiger partial charge in [-0.25, -0.2) is 0 Å². The molecule has 0 heterocycles. The Bertz CT molecular complexity index is 456. The third-order valence-corrected chi connectivity index (χ3v) is 3.31. The summed E-state index contributed by atoms with van der Waals surface area (Å²) in [5.74, 6) is 0.0598. The maximum Gasteiger partial charge on any atom is 0.457 e. The molecule has 0 saturated carbocycles. The smallest absolute Gasteiger partial charge is 0.457 e. The van der Waals surface area contributed by atoms with E-state index < -0.39 is 20.6 Å². The van der Waals surface area contributed by atoms with Gasteiger partial charge >= 0.3 is 14.6 Å². The highest BCUT2D eigenvalue weighted by molar-refractivity contribution is 7.20. The lowest BCUT2D eigenvalue weighted by Gasteiger charge is -2.16. The fourth-order valence-electron chi connectivity index (χ4n) is 1.60. The van der Waals surface area contributed by atoms with E-state index in [1.54, 1.807) is 26.0 Å². The second-order valence-corrected chi connectivity index (χ2v) is 4.71. The van der Waals surface area contributed by atoms with Crippen molar-refractivity contribution in [3.05, 3.63) is 29.8 Å². The van der Waals surface area contributed by atoms with E-state index >= 15 is 0 Å². The molecule has 2 N–H and O–H groups in total. The van der Waals surface area contributed by atoms with Gasteiger partial charge in [-0.3, -0.25) is 4.79 Å². The summed E-state index contributed by atoms with van der Waals surface area (Å²) in [5.41, 5.74) is 6.43. The maximum atomic E-state index is 11.6. The molecule has 0 aromatic heterocycles. The molecule has 0 aliphatic heterocycles. The first-order valence-corrected chi connectivity index (χ1v) is 7.29. The minimum Gasteiger partial charge on any atom is -0.465 e. The van der Waals surface area contributed by atoms with Crippen molar-refractivity contribution in [2.75, 3.05) is 13.2 Å². The molecule has 0 aliphatic carbocycles. The standard InChI is InChI=1S/C13H19N2O4P/c1-3-18-13(16)10(2)15(20-17)19-12-7-5-4-6-11(12)8-9-14/h4-7,10H,3,8-9,14H2,1-2H3/p+1. The van der Waals surface area contributed by atoms with Crippen LogP contribution >= 0.6 is 8.61 Å². The van der Waals surface area contributed by atoms with Gasteiger partial charge in [0.1, 0.15) is 0 Å². The average Bonchev–Trinajstić information content (AvgIpc) is 2.46. The first-order chi connectivity index (χ1) is 9.63. The number of nitrogens with zero attached hydrogens (tertiary/aromatic N) is 1. The zero-order chi connectivity index (χ0) is 15.0. The molecule has 7 heteroatoms. The van der Waals surface area contributed by atoms with Crippen LogP contribution in [0, 0.1) is 0 Å². The lowest BCUT2D eigenvalue weighted by Crippen LogP contribution is -2.36. The fraction of sp³-hybridized carbons (Fsp3) is 0.462. The summed E-state index contributed by atoms with van der Waals surface area (Å²) in [6, 6.07) is 6.54. The van der Waals surface area contributed by atoms with Crippen LogP contribution in [0.25, 0.3) is 0 Å². The SMILES string of the molecule is CCOC(=O)C(C)N(Oc1ccccc1CCN)[PH+]=O. The molecule has 2 unspecified atom stereocenters. The first kappa shape index (κ1) is 16.6. The van der Waals surface area contributed by atoms with Crippen LogP contribution in [0.4, 0.5) is 0 Å². The largest absolute Gasteiger partial charge is 0.465 e. The van der Waals surface area contributed by atoms with Gasteiger partial charge in [0, 0.05) is 0 Å². The number of carbonyl (C=O) groups is 1. The molecule has 6 nitrogen and oxygen atoms in total. The number of carbonyl (C=O) groups excluding carboxylic acids is 1. The van der Waals surface area contributed by atoms with Crippen molar-refractivity contribution in [3.8, 4) is 5.75 Å². The number of nitrogens with two attached hydrogens (primary N) is 1. The van der Waals surface area contributed by atoms with E-state index in [1.807, 2.05) is 12.1 Å². The number of hydrogen-bond acceptors (Lipinski definition) is 5. The van der Waals surface area contributed by atoms with Gasteiger partial charge in [0.15, 0.2) is 11.8 Å². The van der Waals surface area contributed by atoms with Crippen LogP contribution in [-0.2, 0) is 20.5 Å². The minimum atomic E-state index is -0.921. The molecule has 0 bridgehead atoms. The number of ether oxygens (including phenoxy) is 1. The summed E-state index contributed by atoms with van der Waals surface area (Å²) in [4.78, 5) is 18.3. The molecule has 0 spiro atoms. The second kappa shape index (κ2) is 8.64. The maximum absolute atomic E-state index is 11.6. The van der Waals surface area contributed by atoms with Gasteiger partial charge in [-0.15, -0.1) is 0 Å². The molecule has 0 amide bonds. The molecule has 0 fully saturated rings. The molecule has 0 aliphatic rings. The zero-order valence-electron chi connectivity index (χ0n) is 11.7. The van der Waals surface area contributed by atoms with E-state index in [0.717, 1.165) is 10.4 Å². The van der Waals surface area contributed by atoms with Crippen molar-refractivity contribution >= 4 is 14.6 Å². The second-order valence-electron chi connectivity index (χ2n) is 4.08. The van der Waals surface area contributed by atoms with Crippen molar-refractivity contribution in [2.24, 2.45) is 5.73 Å². The fourth-order valence-corrected chi connectivity index (χ4v) is 2.00. The molecule has 1 aromatic carbocycles. The van der Waals surface area contributed by atoms with E-state index in [9.17, 15) is 9.36 Å². The predicted molar refractivity (Wildman–Crippen MR) is 76.8 cm³/mol. The normalized spacial score (nSPS) is 12.4. The predicted octanol–water partition coefficient (Wildman–Crippen LogP) is 1.67. The summed E-state index contributed by atoms with van der Waals surface area (Å²) >= 11 is 0. The Morgan fingerprint density at radius 1 is 1.45 bits per heavy atom. The molecule has 0 radical (unpaired) electrons. The number of esters is 1. The van der Waals surface area contributed by atoms with E-state index in [4.69, 9.17) is 15.3 Å². The highest BCUT2D eigenvalue weighted by Gasteiger charge is 2.31. The van der Waals surface area contributed by atoms with Gasteiger partial charge in [-0.2, -0.15) is 0 Å². The molecule has 2 atom stereocenters. The van der Waals surface area contributed by atoms with Crippen molar-refractivity contribution in [1.82, 2.24) is 4.83 Å². The van der Waals surface area contributed by atoms with E-state index in [2.05, 4.69) is 0 Å². The molecule has 20 heavy (non-hydrogen) atoms. The van der Waals surface area contributed by atoms with Crippen LogP contribution in [-0.4, -0.2) is 30.0 Å². The van der Waals surface area contributed by atoms with Gasteiger partial charge < -0.3 is 15.3 Å². The van der Waals surface area contributed by atoms with Crippen molar-refractivity contribution < 1.29 is 18.9 Å². The van der Waals surface area contributed by atoms with Crippen LogP contribution in [0.1, 0.15) is 19.4 Å². The van der Waals surface area contributed by atoms with E-state index in [0.29, 0.717) is 18.7 Å². The van der Waals surface area contributed by atoms with Gasteiger partial charge in [-0.05, 0) is 43.0 Å². The summed E-state index contributed by atoms with van der Waals surface area (Å²) in [5, 5.41) is 0. The molecule has 110 valence electrons. The molecule has 1 rings (SSSR count). The van der Waals surface area contributed by atoms with Crippen LogP contribution < -0.4 is 10.6 Å². The summed E-state index contributed by atoms with van der Waals surface area (Å²) in [6.45, 7) is 4.04. The van der Waals surface area contributed by atoms with Crippen molar-refractivity contribution in [1.29, 1.82) is 0 Å². The number of rotatable bonds is 8. The molecule has 1 aromatic rings. The number of benzene rings is 1. The number of para-hydroxylation sites is 1. The van der Waals surface area contributed by atoms with Crippen molar-refractivity contribution in [2.45, 2.75) is 26.3 Å². The molecular formula is C13H20N2O4P+. The van der Waals surface area contributed by atoms with Gasteiger partial charge in [0.25, 0.3) is 0 Å². The minimum absolute atomic E-state index is 0.267. The first-order valence-electron chi connectivity index (χ1n) is 6.43. The quantitative estimate of drug-likeness (QED) is 0.447. The topological polar surface area (TPSA) is 81.9 Å². The summed E-state index contributed by atoms with van der Waals surface area (Å²) in [6.07, 6.45) is 0.639. The Kier molecular flexibility index (Phi) is 7.15. The van der Waals surface area contributed by atoms with Gasteiger partial charge in [-0.1, -0.05) is 18.2 Å². The van der Waals surface area contributed by atoms with Crippen LogP contribution in [0.2, 0.25) is 0 Å². The highest BCUT2D eigenvalue weighted by Crippen LogP contribution is 2.23. The van der Waals surface area contributed by atoms with Gasteiger partial charge in [0.05, 0.1) is 11.4 Å². The Labute approximate surface area is 120 Å². The lowest BCUT2D eigenvalue weighted by molar-refractivity contribution is -0.153. The Balaban J connectivity index is 2.83. The average molecular weight is 299 g/mol. The Morgan fingerprint density at radius 3 is 2.75 bits per heavy atom. The highest BCUT2D eigenvalue weighted by atomic mass is 31.1. The number of hydroxylamine groups is 1. The Hall–Kier alpha value is -1.49. The van der Waals surface area contributed by atoms with Crippen LogP contribution in [0.15, 0.2) is 24.3 Å². The van der Waals surface area contributed by atoms with Crippen LogP contribution in [0.3, 0.4) is 0 Å². The Morgan fingerprint density at radius 2 is 2.15 bits per heavy atom. The van der Waals surface area contributed by atoms with Gasteiger partial charge in [0.2, 0.25) is 0 Å². The third kappa shape index (κ3) is 4.56. The summed E-state index contributed by atoms with van der Waals surface area (Å²) < 4.78 is 16.1. The van der Waals surface area contributed by atoms with E-state index in [1.165, 1.54) is 0 Å². The zero-order valence-corrected chi connectivity index (χ0v) is 12.7. The molecule has 0 saturated heterocycles. The monoisotopic (exact) mass is 299 g/mol.